The van der Waals surface area contributed by atoms with Gasteiger partial charge in [0.05, 0.1) is 12.7 Å². The van der Waals surface area contributed by atoms with E-state index in [2.05, 4.69) is 5.32 Å². The SMILES string of the molecule is O=C(CCNC(=O)c1ccco1)OCCSc1ccc(Cl)cc1. The number of carbonyl (C=O) groups excluding carboxylic acids is 2. The Balaban J connectivity index is 1.55. The van der Waals surface area contributed by atoms with Gasteiger partial charge in [0.2, 0.25) is 0 Å². The number of furan rings is 1. The van der Waals surface area contributed by atoms with E-state index in [1.165, 1.54) is 6.26 Å². The number of halogens is 1. The number of hydrogen-bond donors (Lipinski definition) is 1. The van der Waals surface area contributed by atoms with Crippen LogP contribution in [0.1, 0.15) is 17.0 Å². The minimum atomic E-state index is -0.346. The van der Waals surface area contributed by atoms with Gasteiger partial charge in [-0.1, -0.05) is 11.6 Å². The molecular formula is C16H16ClNO4S. The maximum absolute atomic E-state index is 11.6. The topological polar surface area (TPSA) is 68.5 Å². The molecule has 0 saturated heterocycles. The second-order valence-electron chi connectivity index (χ2n) is 4.51. The summed E-state index contributed by atoms with van der Waals surface area (Å²) in [6.07, 6.45) is 1.54. The summed E-state index contributed by atoms with van der Waals surface area (Å²) in [5, 5.41) is 3.28. The van der Waals surface area contributed by atoms with Crippen molar-refractivity contribution in [2.24, 2.45) is 0 Å². The van der Waals surface area contributed by atoms with Gasteiger partial charge in [-0.3, -0.25) is 9.59 Å². The van der Waals surface area contributed by atoms with Crippen LogP contribution in [-0.4, -0.2) is 30.8 Å². The Morgan fingerprint density at radius 3 is 2.70 bits per heavy atom. The molecule has 1 amide bonds. The fourth-order valence-corrected chi connectivity index (χ4v) is 2.55. The van der Waals surface area contributed by atoms with E-state index in [1.807, 2.05) is 24.3 Å². The van der Waals surface area contributed by atoms with Crippen molar-refractivity contribution in [1.82, 2.24) is 5.32 Å². The minimum Gasteiger partial charge on any atom is -0.465 e. The molecule has 23 heavy (non-hydrogen) atoms. The first-order valence-corrected chi connectivity index (χ1v) is 8.37. The Morgan fingerprint density at radius 2 is 2.00 bits per heavy atom. The van der Waals surface area contributed by atoms with Crippen LogP contribution >= 0.6 is 23.4 Å². The van der Waals surface area contributed by atoms with Crippen molar-refractivity contribution in [3.05, 3.63) is 53.4 Å². The fraction of sp³-hybridized carbons (Fsp3) is 0.250. The van der Waals surface area contributed by atoms with Crippen LogP contribution in [0.3, 0.4) is 0 Å². The molecule has 0 aliphatic rings. The lowest BCUT2D eigenvalue weighted by molar-refractivity contribution is -0.142. The standard InChI is InChI=1S/C16H16ClNO4S/c17-12-3-5-13(6-4-12)23-11-10-22-15(19)7-8-18-16(20)14-2-1-9-21-14/h1-6,9H,7-8,10-11H2,(H,18,20). The van der Waals surface area contributed by atoms with Gasteiger partial charge in [0.1, 0.15) is 6.61 Å². The van der Waals surface area contributed by atoms with Crippen LogP contribution in [0.15, 0.2) is 52.0 Å². The third-order valence-corrected chi connectivity index (χ3v) is 4.02. The molecule has 5 nitrogen and oxygen atoms in total. The van der Waals surface area contributed by atoms with Gasteiger partial charge in [-0.15, -0.1) is 11.8 Å². The van der Waals surface area contributed by atoms with Gasteiger partial charge in [-0.05, 0) is 36.4 Å². The highest BCUT2D eigenvalue weighted by Crippen LogP contribution is 2.19. The zero-order valence-corrected chi connectivity index (χ0v) is 13.9. The fourth-order valence-electron chi connectivity index (χ4n) is 1.69. The summed E-state index contributed by atoms with van der Waals surface area (Å²) >= 11 is 7.38. The maximum Gasteiger partial charge on any atom is 0.307 e. The van der Waals surface area contributed by atoms with Crippen LogP contribution in [-0.2, 0) is 9.53 Å². The van der Waals surface area contributed by atoms with Crippen molar-refractivity contribution in [3.8, 4) is 0 Å². The molecule has 0 unspecified atom stereocenters. The molecule has 0 aliphatic heterocycles. The molecule has 2 aromatic rings. The number of thioether (sulfide) groups is 1. The maximum atomic E-state index is 11.6. The summed E-state index contributed by atoms with van der Waals surface area (Å²) in [6, 6.07) is 10.6. The molecule has 0 saturated carbocycles. The quantitative estimate of drug-likeness (QED) is 0.447. The van der Waals surface area contributed by atoms with E-state index < -0.39 is 0 Å². The van der Waals surface area contributed by atoms with Gasteiger partial charge in [-0.2, -0.15) is 0 Å². The van der Waals surface area contributed by atoms with Crippen LogP contribution in [0.4, 0.5) is 0 Å². The average molecular weight is 354 g/mol. The molecule has 1 aromatic heterocycles. The van der Waals surface area contributed by atoms with E-state index >= 15 is 0 Å². The Labute approximate surface area is 143 Å². The molecule has 0 atom stereocenters. The van der Waals surface area contributed by atoms with E-state index in [1.54, 1.807) is 23.9 Å². The lowest BCUT2D eigenvalue weighted by Gasteiger charge is -2.06. The smallest absolute Gasteiger partial charge is 0.307 e. The highest BCUT2D eigenvalue weighted by molar-refractivity contribution is 7.99. The number of esters is 1. The third kappa shape index (κ3) is 6.38. The van der Waals surface area contributed by atoms with Crippen LogP contribution in [0.25, 0.3) is 0 Å². The van der Waals surface area contributed by atoms with Crippen molar-refractivity contribution in [3.63, 3.8) is 0 Å². The normalized spacial score (nSPS) is 10.3. The molecule has 0 radical (unpaired) electrons. The van der Waals surface area contributed by atoms with E-state index in [9.17, 15) is 9.59 Å². The first-order valence-electron chi connectivity index (χ1n) is 7.01. The van der Waals surface area contributed by atoms with Gasteiger partial charge >= 0.3 is 5.97 Å². The van der Waals surface area contributed by atoms with E-state index in [-0.39, 0.29) is 30.6 Å². The predicted octanol–water partition coefficient (Wildman–Crippen LogP) is 3.39. The Hall–Kier alpha value is -1.92. The highest BCUT2D eigenvalue weighted by atomic mass is 35.5. The number of carbonyl (C=O) groups is 2. The summed E-state index contributed by atoms with van der Waals surface area (Å²) in [5.74, 6) is 0.187. The van der Waals surface area contributed by atoms with Crippen molar-refractivity contribution < 1.29 is 18.7 Å². The van der Waals surface area contributed by atoms with Crippen LogP contribution in [0.5, 0.6) is 0 Å². The Morgan fingerprint density at radius 1 is 1.22 bits per heavy atom. The number of ether oxygens (including phenoxy) is 1. The van der Waals surface area contributed by atoms with Crippen molar-refractivity contribution in [2.75, 3.05) is 18.9 Å². The highest BCUT2D eigenvalue weighted by Gasteiger charge is 2.09. The van der Waals surface area contributed by atoms with Crippen molar-refractivity contribution in [1.29, 1.82) is 0 Å². The summed E-state index contributed by atoms with van der Waals surface area (Å²) in [7, 11) is 0. The number of benzene rings is 1. The monoisotopic (exact) mass is 353 g/mol. The van der Waals surface area contributed by atoms with Gasteiger partial charge in [0, 0.05) is 22.2 Å². The average Bonchev–Trinajstić information content (AvgIpc) is 3.08. The zero-order chi connectivity index (χ0) is 16.5. The molecule has 0 fully saturated rings. The van der Waals surface area contributed by atoms with Gasteiger partial charge < -0.3 is 14.5 Å². The molecule has 7 heteroatoms. The summed E-state index contributed by atoms with van der Waals surface area (Å²) in [4.78, 5) is 24.2. The molecule has 1 aromatic carbocycles. The predicted molar refractivity (Wildman–Crippen MR) is 88.8 cm³/mol. The van der Waals surface area contributed by atoms with Crippen LogP contribution < -0.4 is 5.32 Å². The lowest BCUT2D eigenvalue weighted by atomic mass is 10.4. The molecule has 1 heterocycles. The largest absolute Gasteiger partial charge is 0.465 e. The molecule has 2 rings (SSSR count). The van der Waals surface area contributed by atoms with E-state index in [0.717, 1.165) is 4.90 Å². The van der Waals surface area contributed by atoms with Crippen LogP contribution in [0.2, 0.25) is 5.02 Å². The lowest BCUT2D eigenvalue weighted by Crippen LogP contribution is -2.26. The van der Waals surface area contributed by atoms with E-state index in [0.29, 0.717) is 17.4 Å². The number of rotatable bonds is 8. The number of nitrogens with one attached hydrogen (secondary N) is 1. The molecule has 0 bridgehead atoms. The summed E-state index contributed by atoms with van der Waals surface area (Å²) < 4.78 is 10.0. The van der Waals surface area contributed by atoms with Gasteiger partial charge in [-0.25, -0.2) is 0 Å². The second-order valence-corrected chi connectivity index (χ2v) is 6.11. The van der Waals surface area contributed by atoms with Crippen molar-refractivity contribution >= 4 is 35.2 Å². The third-order valence-electron chi connectivity index (χ3n) is 2.79. The van der Waals surface area contributed by atoms with Crippen LogP contribution in [0, 0.1) is 0 Å². The molecule has 1 N–H and O–H groups in total. The first-order chi connectivity index (χ1) is 11.1. The molecular weight excluding hydrogens is 338 g/mol. The zero-order valence-electron chi connectivity index (χ0n) is 12.3. The molecule has 122 valence electrons. The van der Waals surface area contributed by atoms with Gasteiger partial charge in [0.25, 0.3) is 5.91 Å². The summed E-state index contributed by atoms with van der Waals surface area (Å²) in [6.45, 7) is 0.529. The number of hydrogen-bond acceptors (Lipinski definition) is 5. The van der Waals surface area contributed by atoms with Gasteiger partial charge in [0.15, 0.2) is 5.76 Å². The minimum absolute atomic E-state index is 0.123. The molecule has 0 spiro atoms. The van der Waals surface area contributed by atoms with E-state index in [4.69, 9.17) is 20.8 Å². The Kier molecular flexibility index (Phi) is 7.03. The Bertz CT molecular complexity index is 628. The van der Waals surface area contributed by atoms with Crippen molar-refractivity contribution in [2.45, 2.75) is 11.3 Å². The summed E-state index contributed by atoms with van der Waals surface area (Å²) in [5.41, 5.74) is 0. The first kappa shape index (κ1) is 17.4. The number of amides is 1. The second kappa shape index (κ2) is 9.27. The molecule has 0 aliphatic carbocycles.